The highest BCUT2D eigenvalue weighted by Gasteiger charge is 2.28. The number of amides is 1. The molecule has 1 aliphatic heterocycles. The van der Waals surface area contributed by atoms with Gasteiger partial charge in [-0.05, 0) is 30.7 Å². The van der Waals surface area contributed by atoms with Gasteiger partial charge in [-0.25, -0.2) is 8.78 Å². The van der Waals surface area contributed by atoms with Crippen LogP contribution in [0.4, 0.5) is 14.5 Å². The van der Waals surface area contributed by atoms with Gasteiger partial charge in [-0.1, -0.05) is 30.3 Å². The van der Waals surface area contributed by atoms with E-state index in [2.05, 4.69) is 22.3 Å². The second-order valence-corrected chi connectivity index (χ2v) is 5.82. The monoisotopic (exact) mass is 316 g/mol. The summed E-state index contributed by atoms with van der Waals surface area (Å²) in [6.07, 6.45) is 0.718. The maximum absolute atomic E-state index is 13.6. The third kappa shape index (κ3) is 3.93. The molecule has 3 rings (SSSR count). The fraction of sp³-hybridized carbons (Fsp3) is 0.278. The molecule has 0 spiro atoms. The molecule has 5 heteroatoms. The molecule has 1 amide bonds. The van der Waals surface area contributed by atoms with Crippen LogP contribution in [0.15, 0.2) is 48.5 Å². The average molecular weight is 316 g/mol. The number of benzene rings is 2. The molecule has 2 aromatic carbocycles. The molecule has 0 bridgehead atoms. The number of likely N-dealkylation sites (tertiary alicyclic amines) is 1. The van der Waals surface area contributed by atoms with Gasteiger partial charge in [-0.3, -0.25) is 9.69 Å². The van der Waals surface area contributed by atoms with Gasteiger partial charge < -0.3 is 5.32 Å². The molecule has 0 saturated carbocycles. The first-order chi connectivity index (χ1) is 11.1. The first-order valence-electron chi connectivity index (χ1n) is 7.64. The summed E-state index contributed by atoms with van der Waals surface area (Å²) in [6.45, 7) is 2.23. The first-order valence-corrected chi connectivity index (χ1v) is 7.64. The Morgan fingerprint density at radius 2 is 1.96 bits per heavy atom. The van der Waals surface area contributed by atoms with Crippen molar-refractivity contribution in [1.29, 1.82) is 0 Å². The molecular weight excluding hydrogens is 298 g/mol. The molecule has 1 aliphatic rings. The third-order valence-electron chi connectivity index (χ3n) is 4.08. The predicted octanol–water partition coefficient (Wildman–Crippen LogP) is 3.43. The molecule has 1 saturated heterocycles. The van der Waals surface area contributed by atoms with E-state index in [1.165, 1.54) is 5.56 Å². The Morgan fingerprint density at radius 1 is 1.17 bits per heavy atom. The van der Waals surface area contributed by atoms with E-state index in [1.807, 2.05) is 18.2 Å². The van der Waals surface area contributed by atoms with Crippen LogP contribution in [0.25, 0.3) is 0 Å². The average Bonchev–Trinajstić information content (AvgIpc) is 3.00. The fourth-order valence-electron chi connectivity index (χ4n) is 2.86. The molecule has 0 radical (unpaired) electrons. The van der Waals surface area contributed by atoms with E-state index in [0.717, 1.165) is 37.7 Å². The number of anilines is 1. The van der Waals surface area contributed by atoms with Crippen LogP contribution in [0.5, 0.6) is 0 Å². The maximum Gasteiger partial charge on any atom is 0.228 e. The summed E-state index contributed by atoms with van der Waals surface area (Å²) in [7, 11) is 0. The minimum atomic E-state index is -0.626. The molecule has 1 atom stereocenters. The fourth-order valence-corrected chi connectivity index (χ4v) is 2.86. The van der Waals surface area contributed by atoms with Crippen molar-refractivity contribution >= 4 is 11.6 Å². The van der Waals surface area contributed by atoms with Gasteiger partial charge in [0.05, 0.1) is 11.6 Å². The lowest BCUT2D eigenvalue weighted by Gasteiger charge is -2.16. The Kier molecular flexibility index (Phi) is 4.67. The minimum Gasteiger partial charge on any atom is -0.323 e. The molecule has 3 nitrogen and oxygen atoms in total. The quantitative estimate of drug-likeness (QED) is 0.937. The Balaban J connectivity index is 1.58. The molecule has 120 valence electrons. The second kappa shape index (κ2) is 6.87. The summed E-state index contributed by atoms with van der Waals surface area (Å²) < 4.78 is 26.7. The molecule has 0 aliphatic carbocycles. The van der Waals surface area contributed by atoms with Gasteiger partial charge in [0.2, 0.25) is 5.91 Å². The number of hydrogen-bond donors (Lipinski definition) is 1. The number of carbonyl (C=O) groups excluding carboxylic acids is 1. The zero-order valence-corrected chi connectivity index (χ0v) is 12.6. The lowest BCUT2D eigenvalue weighted by atomic mass is 10.1. The van der Waals surface area contributed by atoms with Crippen LogP contribution in [0.3, 0.4) is 0 Å². The van der Waals surface area contributed by atoms with Crippen molar-refractivity contribution in [1.82, 2.24) is 4.90 Å². The van der Waals surface area contributed by atoms with E-state index in [4.69, 9.17) is 0 Å². The predicted molar refractivity (Wildman–Crippen MR) is 84.8 cm³/mol. The number of carbonyl (C=O) groups is 1. The summed E-state index contributed by atoms with van der Waals surface area (Å²) >= 11 is 0. The molecule has 1 N–H and O–H groups in total. The maximum atomic E-state index is 13.6. The van der Waals surface area contributed by atoms with Crippen molar-refractivity contribution in [2.45, 2.75) is 13.0 Å². The van der Waals surface area contributed by atoms with Gasteiger partial charge in [0.25, 0.3) is 0 Å². The smallest absolute Gasteiger partial charge is 0.228 e. The van der Waals surface area contributed by atoms with Crippen molar-refractivity contribution in [3.05, 3.63) is 65.7 Å². The summed E-state index contributed by atoms with van der Waals surface area (Å²) in [5, 5.41) is 2.50. The SMILES string of the molecule is O=C(Nc1cc(F)ccc1F)C1CCN(Cc2ccccc2)C1. The minimum absolute atomic E-state index is 0.100. The van der Waals surface area contributed by atoms with Crippen LogP contribution < -0.4 is 5.32 Å². The number of rotatable bonds is 4. The van der Waals surface area contributed by atoms with Crippen LogP contribution in [0.1, 0.15) is 12.0 Å². The van der Waals surface area contributed by atoms with Gasteiger partial charge in [0.15, 0.2) is 0 Å². The van der Waals surface area contributed by atoms with Crippen LogP contribution in [0, 0.1) is 17.6 Å². The topological polar surface area (TPSA) is 32.3 Å². The zero-order chi connectivity index (χ0) is 16.2. The van der Waals surface area contributed by atoms with Gasteiger partial charge in [0, 0.05) is 19.2 Å². The van der Waals surface area contributed by atoms with Crippen molar-refractivity contribution in [3.63, 3.8) is 0 Å². The summed E-state index contributed by atoms with van der Waals surface area (Å²) in [4.78, 5) is 14.4. The van der Waals surface area contributed by atoms with E-state index < -0.39 is 11.6 Å². The van der Waals surface area contributed by atoms with E-state index in [0.29, 0.717) is 6.54 Å². The van der Waals surface area contributed by atoms with Gasteiger partial charge in [-0.2, -0.15) is 0 Å². The summed E-state index contributed by atoms with van der Waals surface area (Å²) in [5.74, 6) is -1.66. The van der Waals surface area contributed by atoms with Crippen molar-refractivity contribution in [2.75, 3.05) is 18.4 Å². The van der Waals surface area contributed by atoms with Gasteiger partial charge in [-0.15, -0.1) is 0 Å². The van der Waals surface area contributed by atoms with Crippen LogP contribution in [-0.2, 0) is 11.3 Å². The second-order valence-electron chi connectivity index (χ2n) is 5.82. The Bertz CT molecular complexity index is 691. The Morgan fingerprint density at radius 3 is 2.74 bits per heavy atom. The van der Waals surface area contributed by atoms with Crippen molar-refractivity contribution in [2.24, 2.45) is 5.92 Å². The third-order valence-corrected chi connectivity index (χ3v) is 4.08. The van der Waals surface area contributed by atoms with Crippen LogP contribution in [-0.4, -0.2) is 23.9 Å². The first kappa shape index (κ1) is 15.6. The standard InChI is InChI=1S/C18H18F2N2O/c19-15-6-7-16(20)17(10-15)21-18(23)14-8-9-22(12-14)11-13-4-2-1-3-5-13/h1-7,10,14H,8-9,11-12H2,(H,21,23). The largest absolute Gasteiger partial charge is 0.323 e. The number of halogens is 2. The van der Waals surface area contributed by atoms with Gasteiger partial charge >= 0.3 is 0 Å². The highest BCUT2D eigenvalue weighted by Crippen LogP contribution is 2.22. The molecular formula is C18H18F2N2O. The van der Waals surface area contributed by atoms with E-state index in [1.54, 1.807) is 0 Å². The zero-order valence-electron chi connectivity index (χ0n) is 12.6. The molecule has 2 aromatic rings. The van der Waals surface area contributed by atoms with Crippen molar-refractivity contribution < 1.29 is 13.6 Å². The molecule has 0 aromatic heterocycles. The van der Waals surface area contributed by atoms with Crippen LogP contribution in [0.2, 0.25) is 0 Å². The van der Waals surface area contributed by atoms with Gasteiger partial charge in [0.1, 0.15) is 11.6 Å². The molecule has 1 unspecified atom stereocenters. The lowest BCUT2D eigenvalue weighted by Crippen LogP contribution is -2.27. The highest BCUT2D eigenvalue weighted by atomic mass is 19.1. The van der Waals surface area contributed by atoms with E-state index in [9.17, 15) is 13.6 Å². The van der Waals surface area contributed by atoms with Crippen molar-refractivity contribution in [3.8, 4) is 0 Å². The van der Waals surface area contributed by atoms with E-state index >= 15 is 0 Å². The number of hydrogen-bond acceptors (Lipinski definition) is 2. The lowest BCUT2D eigenvalue weighted by molar-refractivity contribution is -0.119. The van der Waals surface area contributed by atoms with Crippen LogP contribution >= 0.6 is 0 Å². The number of nitrogens with zero attached hydrogens (tertiary/aromatic N) is 1. The van der Waals surface area contributed by atoms with E-state index in [-0.39, 0.29) is 17.5 Å². The molecule has 23 heavy (non-hydrogen) atoms. The number of nitrogens with one attached hydrogen (secondary N) is 1. The Labute approximate surface area is 133 Å². The highest BCUT2D eigenvalue weighted by molar-refractivity contribution is 5.93. The normalized spacial score (nSPS) is 18.1. The Hall–Kier alpha value is -2.27. The molecule has 1 fully saturated rings. The summed E-state index contributed by atoms with van der Waals surface area (Å²) in [6, 6.07) is 13.1. The summed E-state index contributed by atoms with van der Waals surface area (Å²) in [5.41, 5.74) is 1.10. The molecule has 1 heterocycles.